The van der Waals surface area contributed by atoms with E-state index in [2.05, 4.69) is 51.7 Å². The highest BCUT2D eigenvalue weighted by atomic mass is 16.3. The van der Waals surface area contributed by atoms with Gasteiger partial charge in [-0.15, -0.1) is 0 Å². The standard InChI is InChI=1S/C17H29NO/c1-6-13(3)11-18(7-2)12-17(19)16-9-8-14(4)15(5)10-16/h8-10,13,17,19H,6-7,11-12H2,1-5H3. The van der Waals surface area contributed by atoms with Gasteiger partial charge in [-0.05, 0) is 43.0 Å². The molecule has 19 heavy (non-hydrogen) atoms. The normalized spacial score (nSPS) is 14.7. The molecule has 0 fully saturated rings. The highest BCUT2D eigenvalue weighted by Gasteiger charge is 2.14. The first-order valence-corrected chi connectivity index (χ1v) is 7.45. The van der Waals surface area contributed by atoms with Crippen molar-refractivity contribution >= 4 is 0 Å². The highest BCUT2D eigenvalue weighted by molar-refractivity contribution is 5.31. The van der Waals surface area contributed by atoms with Gasteiger partial charge in [0.25, 0.3) is 0 Å². The summed E-state index contributed by atoms with van der Waals surface area (Å²) in [5.74, 6) is 0.687. The minimum atomic E-state index is -0.386. The van der Waals surface area contributed by atoms with Gasteiger partial charge in [0.2, 0.25) is 0 Å². The van der Waals surface area contributed by atoms with Crippen molar-refractivity contribution in [3.63, 3.8) is 0 Å². The summed E-state index contributed by atoms with van der Waals surface area (Å²) in [6.07, 6.45) is 0.805. The first-order chi connectivity index (χ1) is 8.97. The van der Waals surface area contributed by atoms with Crippen LogP contribution in [-0.4, -0.2) is 29.6 Å². The van der Waals surface area contributed by atoms with E-state index < -0.39 is 0 Å². The third-order valence-electron chi connectivity index (χ3n) is 4.06. The monoisotopic (exact) mass is 263 g/mol. The molecule has 0 aliphatic carbocycles. The second-order valence-electron chi connectivity index (χ2n) is 5.73. The van der Waals surface area contributed by atoms with Crippen LogP contribution in [0.3, 0.4) is 0 Å². The Morgan fingerprint density at radius 2 is 1.79 bits per heavy atom. The summed E-state index contributed by atoms with van der Waals surface area (Å²) in [6.45, 7) is 13.6. The average molecular weight is 263 g/mol. The van der Waals surface area contributed by atoms with Gasteiger partial charge in [0.1, 0.15) is 0 Å². The zero-order chi connectivity index (χ0) is 14.4. The second kappa shape index (κ2) is 7.66. The summed E-state index contributed by atoms with van der Waals surface area (Å²) < 4.78 is 0. The summed E-state index contributed by atoms with van der Waals surface area (Å²) in [5, 5.41) is 10.4. The van der Waals surface area contributed by atoms with Crippen molar-refractivity contribution in [1.82, 2.24) is 4.90 Å². The van der Waals surface area contributed by atoms with Gasteiger partial charge in [0, 0.05) is 13.1 Å². The molecular weight excluding hydrogens is 234 g/mol. The lowest BCUT2D eigenvalue weighted by atomic mass is 10.0. The van der Waals surface area contributed by atoms with Crippen molar-refractivity contribution < 1.29 is 5.11 Å². The summed E-state index contributed by atoms with van der Waals surface area (Å²) in [4.78, 5) is 2.34. The topological polar surface area (TPSA) is 23.5 Å². The van der Waals surface area contributed by atoms with Crippen LogP contribution in [0.25, 0.3) is 0 Å². The lowest BCUT2D eigenvalue weighted by Crippen LogP contribution is -2.32. The van der Waals surface area contributed by atoms with Gasteiger partial charge in [-0.3, -0.25) is 0 Å². The zero-order valence-electron chi connectivity index (χ0n) is 13.1. The third kappa shape index (κ3) is 4.96. The lowest BCUT2D eigenvalue weighted by Gasteiger charge is -2.26. The molecule has 0 saturated carbocycles. The summed E-state index contributed by atoms with van der Waals surface area (Å²) in [6, 6.07) is 6.25. The molecule has 0 radical (unpaired) electrons. The molecule has 2 atom stereocenters. The molecule has 2 nitrogen and oxygen atoms in total. The fourth-order valence-electron chi connectivity index (χ4n) is 2.22. The molecule has 0 spiro atoms. The van der Waals surface area contributed by atoms with Gasteiger partial charge < -0.3 is 10.0 Å². The molecule has 1 N–H and O–H groups in total. The molecule has 0 bridgehead atoms. The van der Waals surface area contributed by atoms with Gasteiger partial charge in [-0.25, -0.2) is 0 Å². The zero-order valence-corrected chi connectivity index (χ0v) is 13.1. The van der Waals surface area contributed by atoms with Crippen LogP contribution in [0, 0.1) is 19.8 Å². The van der Waals surface area contributed by atoms with E-state index in [0.717, 1.165) is 25.2 Å². The van der Waals surface area contributed by atoms with Crippen molar-refractivity contribution in [1.29, 1.82) is 0 Å². The molecule has 0 aliphatic heterocycles. The Morgan fingerprint density at radius 3 is 2.32 bits per heavy atom. The van der Waals surface area contributed by atoms with E-state index in [1.165, 1.54) is 17.5 Å². The van der Waals surface area contributed by atoms with E-state index in [-0.39, 0.29) is 6.10 Å². The Kier molecular flexibility index (Phi) is 6.53. The van der Waals surface area contributed by atoms with Crippen molar-refractivity contribution in [2.45, 2.75) is 47.1 Å². The molecule has 2 unspecified atom stereocenters. The number of aliphatic hydroxyl groups excluding tert-OH is 1. The van der Waals surface area contributed by atoms with Crippen LogP contribution in [0.2, 0.25) is 0 Å². The molecule has 0 saturated heterocycles. The van der Waals surface area contributed by atoms with Crippen LogP contribution in [0.4, 0.5) is 0 Å². The highest BCUT2D eigenvalue weighted by Crippen LogP contribution is 2.18. The number of benzene rings is 1. The fraction of sp³-hybridized carbons (Fsp3) is 0.647. The molecule has 0 amide bonds. The SMILES string of the molecule is CCC(C)CN(CC)CC(O)c1ccc(C)c(C)c1. The summed E-state index contributed by atoms with van der Waals surface area (Å²) >= 11 is 0. The fourth-order valence-corrected chi connectivity index (χ4v) is 2.22. The van der Waals surface area contributed by atoms with Crippen LogP contribution >= 0.6 is 0 Å². The van der Waals surface area contributed by atoms with Crippen LogP contribution in [-0.2, 0) is 0 Å². The van der Waals surface area contributed by atoms with Gasteiger partial charge in [-0.1, -0.05) is 45.4 Å². The largest absolute Gasteiger partial charge is 0.387 e. The van der Waals surface area contributed by atoms with Gasteiger partial charge in [-0.2, -0.15) is 0 Å². The Labute approximate surface area is 118 Å². The summed E-state index contributed by atoms with van der Waals surface area (Å²) in [5.41, 5.74) is 3.56. The predicted molar refractivity (Wildman–Crippen MR) is 82.4 cm³/mol. The molecule has 2 heteroatoms. The number of likely N-dealkylation sites (N-methyl/N-ethyl adjacent to an activating group) is 1. The van der Waals surface area contributed by atoms with E-state index in [9.17, 15) is 5.11 Å². The minimum Gasteiger partial charge on any atom is -0.387 e. The lowest BCUT2D eigenvalue weighted by molar-refractivity contribution is 0.107. The molecule has 0 aromatic heterocycles. The van der Waals surface area contributed by atoms with Gasteiger partial charge >= 0.3 is 0 Å². The van der Waals surface area contributed by atoms with E-state index >= 15 is 0 Å². The van der Waals surface area contributed by atoms with Gasteiger partial charge in [0.15, 0.2) is 0 Å². The molecule has 0 aliphatic rings. The van der Waals surface area contributed by atoms with Crippen LogP contribution in [0.1, 0.15) is 50.0 Å². The first kappa shape index (κ1) is 16.2. The Bertz CT molecular complexity index is 389. The molecule has 1 aromatic rings. The maximum Gasteiger partial charge on any atom is 0.0917 e. The molecule has 1 rings (SSSR count). The van der Waals surface area contributed by atoms with Crippen LogP contribution in [0.15, 0.2) is 18.2 Å². The number of hydrogen-bond donors (Lipinski definition) is 1. The van der Waals surface area contributed by atoms with Crippen LogP contribution in [0.5, 0.6) is 0 Å². The molecule has 108 valence electrons. The molecule has 0 heterocycles. The van der Waals surface area contributed by atoms with E-state index in [1.807, 2.05) is 6.07 Å². The van der Waals surface area contributed by atoms with Crippen molar-refractivity contribution in [3.05, 3.63) is 34.9 Å². The quantitative estimate of drug-likeness (QED) is 0.810. The number of aliphatic hydroxyl groups is 1. The molecular formula is C17H29NO. The van der Waals surface area contributed by atoms with E-state index in [1.54, 1.807) is 0 Å². The number of nitrogens with zero attached hydrogens (tertiary/aromatic N) is 1. The van der Waals surface area contributed by atoms with Crippen LogP contribution < -0.4 is 0 Å². The smallest absolute Gasteiger partial charge is 0.0917 e. The maximum atomic E-state index is 10.4. The van der Waals surface area contributed by atoms with Crippen molar-refractivity contribution in [2.75, 3.05) is 19.6 Å². The Hall–Kier alpha value is -0.860. The number of aryl methyl sites for hydroxylation is 2. The van der Waals surface area contributed by atoms with E-state index in [0.29, 0.717) is 5.92 Å². The summed E-state index contributed by atoms with van der Waals surface area (Å²) in [7, 11) is 0. The second-order valence-corrected chi connectivity index (χ2v) is 5.73. The van der Waals surface area contributed by atoms with Gasteiger partial charge in [0.05, 0.1) is 6.10 Å². The average Bonchev–Trinajstić information content (AvgIpc) is 2.40. The molecule has 1 aromatic carbocycles. The maximum absolute atomic E-state index is 10.4. The van der Waals surface area contributed by atoms with Crippen molar-refractivity contribution in [3.8, 4) is 0 Å². The van der Waals surface area contributed by atoms with E-state index in [4.69, 9.17) is 0 Å². The Morgan fingerprint density at radius 1 is 1.11 bits per heavy atom. The third-order valence-corrected chi connectivity index (χ3v) is 4.06. The van der Waals surface area contributed by atoms with Crippen molar-refractivity contribution in [2.24, 2.45) is 5.92 Å². The number of rotatable bonds is 7. The Balaban J connectivity index is 2.65. The number of hydrogen-bond acceptors (Lipinski definition) is 2. The predicted octanol–water partition coefficient (Wildman–Crippen LogP) is 3.70. The first-order valence-electron chi connectivity index (χ1n) is 7.45. The minimum absolute atomic E-state index is 0.386.